The Bertz CT molecular complexity index is 312. The first-order chi connectivity index (χ1) is 5.86. The largest absolute Gasteiger partial charge is 0.298 e. The highest BCUT2D eigenvalue weighted by Gasteiger charge is 1.93. The van der Waals surface area contributed by atoms with Gasteiger partial charge in [0, 0.05) is 10.5 Å². The summed E-state index contributed by atoms with van der Waals surface area (Å²) in [6, 6.07) is 7.39. The van der Waals surface area contributed by atoms with Crippen molar-refractivity contribution in [3.8, 4) is 12.3 Å². The van der Waals surface area contributed by atoms with E-state index in [9.17, 15) is 4.79 Å². The minimum Gasteiger partial charge on any atom is -0.298 e. The molecular formula is C10H8OS. The van der Waals surface area contributed by atoms with Gasteiger partial charge in [-0.2, -0.15) is 0 Å². The van der Waals surface area contributed by atoms with Crippen LogP contribution in [0.15, 0.2) is 29.2 Å². The van der Waals surface area contributed by atoms with Crippen molar-refractivity contribution in [1.29, 1.82) is 0 Å². The van der Waals surface area contributed by atoms with E-state index >= 15 is 0 Å². The third-order valence-corrected chi connectivity index (χ3v) is 2.21. The Kier molecular flexibility index (Phi) is 3.43. The molecule has 12 heavy (non-hydrogen) atoms. The number of aldehydes is 1. The number of benzene rings is 1. The quantitative estimate of drug-likeness (QED) is 0.399. The Morgan fingerprint density at radius 3 is 3.08 bits per heavy atom. The fraction of sp³-hybridized carbons (Fsp3) is 0.100. The van der Waals surface area contributed by atoms with E-state index in [2.05, 4.69) is 5.92 Å². The summed E-state index contributed by atoms with van der Waals surface area (Å²) in [7, 11) is 0. The van der Waals surface area contributed by atoms with Crippen LogP contribution in [0.25, 0.3) is 0 Å². The van der Waals surface area contributed by atoms with Gasteiger partial charge in [0.05, 0.1) is 5.75 Å². The lowest BCUT2D eigenvalue weighted by atomic mass is 10.2. The zero-order valence-corrected chi connectivity index (χ0v) is 7.30. The van der Waals surface area contributed by atoms with Crippen LogP contribution in [0.1, 0.15) is 10.4 Å². The number of hydrogen-bond donors (Lipinski definition) is 0. The zero-order valence-electron chi connectivity index (χ0n) is 6.49. The van der Waals surface area contributed by atoms with Gasteiger partial charge < -0.3 is 0 Å². The van der Waals surface area contributed by atoms with Crippen molar-refractivity contribution in [2.75, 3.05) is 5.75 Å². The topological polar surface area (TPSA) is 17.1 Å². The molecule has 1 aromatic carbocycles. The lowest BCUT2D eigenvalue weighted by molar-refractivity contribution is 0.112. The molecule has 0 N–H and O–H groups in total. The minimum absolute atomic E-state index is 0.641. The smallest absolute Gasteiger partial charge is 0.150 e. The lowest BCUT2D eigenvalue weighted by Gasteiger charge is -1.96. The van der Waals surface area contributed by atoms with E-state index in [0.29, 0.717) is 11.3 Å². The Hall–Kier alpha value is -1.20. The highest BCUT2D eigenvalue weighted by atomic mass is 32.2. The Balaban J connectivity index is 2.74. The average Bonchev–Trinajstić information content (AvgIpc) is 2.15. The molecule has 0 aliphatic rings. The summed E-state index contributed by atoms with van der Waals surface area (Å²) < 4.78 is 0. The van der Waals surface area contributed by atoms with Crippen LogP contribution in [0.3, 0.4) is 0 Å². The third-order valence-electron chi connectivity index (χ3n) is 1.32. The molecule has 0 bridgehead atoms. The molecule has 0 fully saturated rings. The average molecular weight is 176 g/mol. The molecule has 1 nitrogen and oxygen atoms in total. The second kappa shape index (κ2) is 4.63. The van der Waals surface area contributed by atoms with Gasteiger partial charge in [0.1, 0.15) is 6.29 Å². The summed E-state index contributed by atoms with van der Waals surface area (Å²) >= 11 is 1.55. The molecule has 0 saturated heterocycles. The van der Waals surface area contributed by atoms with Gasteiger partial charge in [-0.05, 0) is 12.1 Å². The van der Waals surface area contributed by atoms with Crippen LogP contribution in [0.2, 0.25) is 0 Å². The lowest BCUT2D eigenvalue weighted by Crippen LogP contribution is -1.80. The second-order valence-corrected chi connectivity index (χ2v) is 3.23. The van der Waals surface area contributed by atoms with Gasteiger partial charge in [0.25, 0.3) is 0 Å². The molecule has 0 aliphatic heterocycles. The molecule has 0 aromatic heterocycles. The third kappa shape index (κ3) is 2.44. The maximum absolute atomic E-state index is 10.4. The molecule has 0 radical (unpaired) electrons. The normalized spacial score (nSPS) is 8.92. The van der Waals surface area contributed by atoms with E-state index in [1.807, 2.05) is 18.2 Å². The van der Waals surface area contributed by atoms with Gasteiger partial charge in [0.2, 0.25) is 0 Å². The maximum atomic E-state index is 10.4. The van der Waals surface area contributed by atoms with Crippen LogP contribution in [0.5, 0.6) is 0 Å². The Morgan fingerprint density at radius 1 is 1.58 bits per heavy atom. The number of carbonyl (C=O) groups excluding carboxylic acids is 1. The molecule has 0 spiro atoms. The highest BCUT2D eigenvalue weighted by Crippen LogP contribution is 2.17. The summed E-state index contributed by atoms with van der Waals surface area (Å²) in [5, 5.41) is 0. The first-order valence-electron chi connectivity index (χ1n) is 3.48. The van der Waals surface area contributed by atoms with Gasteiger partial charge in [0.15, 0.2) is 0 Å². The van der Waals surface area contributed by atoms with Crippen molar-refractivity contribution in [2.45, 2.75) is 4.90 Å². The van der Waals surface area contributed by atoms with Crippen LogP contribution in [-0.4, -0.2) is 12.0 Å². The van der Waals surface area contributed by atoms with Gasteiger partial charge >= 0.3 is 0 Å². The van der Waals surface area contributed by atoms with Crippen molar-refractivity contribution in [2.24, 2.45) is 0 Å². The second-order valence-electron chi connectivity index (χ2n) is 2.18. The van der Waals surface area contributed by atoms with Gasteiger partial charge in [-0.25, -0.2) is 0 Å². The first kappa shape index (κ1) is 8.89. The van der Waals surface area contributed by atoms with Crippen LogP contribution >= 0.6 is 11.8 Å². The van der Waals surface area contributed by atoms with E-state index in [-0.39, 0.29) is 0 Å². The summed E-state index contributed by atoms with van der Waals surface area (Å²) in [5.74, 6) is 3.17. The first-order valence-corrected chi connectivity index (χ1v) is 4.47. The monoisotopic (exact) mass is 176 g/mol. The predicted octanol–water partition coefficient (Wildman–Crippen LogP) is 2.22. The molecule has 0 unspecified atom stereocenters. The van der Waals surface area contributed by atoms with Gasteiger partial charge in [-0.15, -0.1) is 18.2 Å². The van der Waals surface area contributed by atoms with Crippen LogP contribution in [0, 0.1) is 12.3 Å². The fourth-order valence-corrected chi connectivity index (χ4v) is 1.45. The molecule has 0 aliphatic carbocycles. The number of hydrogen-bond acceptors (Lipinski definition) is 2. The Labute approximate surface area is 76.2 Å². The fourth-order valence-electron chi connectivity index (χ4n) is 0.803. The van der Waals surface area contributed by atoms with Crippen LogP contribution in [-0.2, 0) is 0 Å². The molecule has 0 heterocycles. The summed E-state index contributed by atoms with van der Waals surface area (Å²) in [4.78, 5) is 11.4. The minimum atomic E-state index is 0.641. The van der Waals surface area contributed by atoms with Gasteiger partial charge in [-0.1, -0.05) is 18.1 Å². The van der Waals surface area contributed by atoms with E-state index in [4.69, 9.17) is 6.42 Å². The zero-order chi connectivity index (χ0) is 8.81. The predicted molar refractivity (Wildman–Crippen MR) is 51.4 cm³/mol. The molecular weight excluding hydrogens is 168 g/mol. The number of terminal acetylenes is 1. The molecule has 1 aromatic rings. The van der Waals surface area contributed by atoms with Crippen molar-refractivity contribution in [3.05, 3.63) is 29.8 Å². The molecule has 0 atom stereocenters. The van der Waals surface area contributed by atoms with E-state index < -0.39 is 0 Å². The molecule has 0 saturated carbocycles. The van der Waals surface area contributed by atoms with Crippen molar-refractivity contribution in [1.82, 2.24) is 0 Å². The number of carbonyl (C=O) groups is 1. The standard InChI is InChI=1S/C10H8OS/c1-2-6-12-10-5-3-4-9(7-10)8-11/h1,3-5,7-8H,6H2. The van der Waals surface area contributed by atoms with Crippen molar-refractivity contribution >= 4 is 18.0 Å². The van der Waals surface area contributed by atoms with E-state index in [1.165, 1.54) is 0 Å². The van der Waals surface area contributed by atoms with Crippen molar-refractivity contribution in [3.63, 3.8) is 0 Å². The maximum Gasteiger partial charge on any atom is 0.150 e. The molecule has 1 rings (SSSR count). The highest BCUT2D eigenvalue weighted by molar-refractivity contribution is 7.99. The summed E-state index contributed by atoms with van der Waals surface area (Å²) in [6.45, 7) is 0. The van der Waals surface area contributed by atoms with E-state index in [0.717, 1.165) is 11.2 Å². The molecule has 2 heteroatoms. The summed E-state index contributed by atoms with van der Waals surface area (Å²) in [6.07, 6.45) is 5.94. The Morgan fingerprint density at radius 2 is 2.42 bits per heavy atom. The summed E-state index contributed by atoms with van der Waals surface area (Å²) in [5.41, 5.74) is 0.692. The number of rotatable bonds is 3. The molecule has 60 valence electrons. The van der Waals surface area contributed by atoms with Crippen molar-refractivity contribution < 1.29 is 4.79 Å². The molecule has 0 amide bonds. The van der Waals surface area contributed by atoms with Crippen LogP contribution in [0.4, 0.5) is 0 Å². The van der Waals surface area contributed by atoms with Crippen LogP contribution < -0.4 is 0 Å². The van der Waals surface area contributed by atoms with E-state index in [1.54, 1.807) is 17.8 Å². The number of thioether (sulfide) groups is 1. The van der Waals surface area contributed by atoms with Gasteiger partial charge in [-0.3, -0.25) is 4.79 Å². The SMILES string of the molecule is C#CCSc1cccc(C=O)c1.